The molecule has 2 unspecified atom stereocenters. The van der Waals surface area contributed by atoms with E-state index < -0.39 is 10.0 Å². The van der Waals surface area contributed by atoms with E-state index in [4.69, 9.17) is 10.2 Å². The first-order valence-corrected chi connectivity index (χ1v) is 9.04. The SMILES string of the molecule is CCc1ccc(C(N)CC2CCCN(S(C)(=O)=O)C2)o1. The fourth-order valence-electron chi connectivity index (χ4n) is 2.78. The molecule has 114 valence electrons. The van der Waals surface area contributed by atoms with Crippen molar-refractivity contribution in [3.05, 3.63) is 23.7 Å². The molecule has 1 aliphatic heterocycles. The molecule has 0 bridgehead atoms. The highest BCUT2D eigenvalue weighted by Crippen LogP contribution is 2.28. The van der Waals surface area contributed by atoms with Gasteiger partial charge in [-0.2, -0.15) is 0 Å². The number of piperidine rings is 1. The topological polar surface area (TPSA) is 76.5 Å². The maximum atomic E-state index is 11.6. The van der Waals surface area contributed by atoms with Crippen LogP contribution in [-0.2, 0) is 16.4 Å². The van der Waals surface area contributed by atoms with Crippen LogP contribution in [-0.4, -0.2) is 32.1 Å². The molecule has 0 spiro atoms. The van der Waals surface area contributed by atoms with Crippen LogP contribution in [0.3, 0.4) is 0 Å². The molecule has 0 aromatic carbocycles. The molecule has 6 heteroatoms. The van der Waals surface area contributed by atoms with Gasteiger partial charge < -0.3 is 10.2 Å². The average Bonchev–Trinajstić information content (AvgIpc) is 2.87. The van der Waals surface area contributed by atoms with E-state index in [0.717, 1.165) is 37.2 Å². The number of aryl methyl sites for hydroxylation is 1. The van der Waals surface area contributed by atoms with Crippen LogP contribution >= 0.6 is 0 Å². The van der Waals surface area contributed by atoms with Gasteiger partial charge in [0.2, 0.25) is 10.0 Å². The van der Waals surface area contributed by atoms with Crippen molar-refractivity contribution in [3.63, 3.8) is 0 Å². The number of hydrogen-bond acceptors (Lipinski definition) is 4. The van der Waals surface area contributed by atoms with E-state index >= 15 is 0 Å². The summed E-state index contributed by atoms with van der Waals surface area (Å²) in [5, 5.41) is 0. The van der Waals surface area contributed by atoms with E-state index in [2.05, 4.69) is 0 Å². The first-order valence-electron chi connectivity index (χ1n) is 7.19. The molecular formula is C14H24N2O3S. The summed E-state index contributed by atoms with van der Waals surface area (Å²) in [5.41, 5.74) is 6.19. The Morgan fingerprint density at radius 3 is 2.85 bits per heavy atom. The van der Waals surface area contributed by atoms with Crippen LogP contribution in [0.2, 0.25) is 0 Å². The van der Waals surface area contributed by atoms with Crippen molar-refractivity contribution in [1.82, 2.24) is 4.31 Å². The second-order valence-electron chi connectivity index (χ2n) is 5.63. The molecule has 2 rings (SSSR count). The van der Waals surface area contributed by atoms with Gasteiger partial charge in [0.05, 0.1) is 12.3 Å². The summed E-state index contributed by atoms with van der Waals surface area (Å²) >= 11 is 0. The fourth-order valence-corrected chi connectivity index (χ4v) is 3.72. The zero-order chi connectivity index (χ0) is 14.8. The molecule has 0 amide bonds. The number of furan rings is 1. The van der Waals surface area contributed by atoms with E-state index in [1.54, 1.807) is 4.31 Å². The minimum Gasteiger partial charge on any atom is -0.464 e. The van der Waals surface area contributed by atoms with E-state index in [1.807, 2.05) is 19.1 Å². The Labute approximate surface area is 121 Å². The van der Waals surface area contributed by atoms with E-state index in [0.29, 0.717) is 19.0 Å². The Bertz CT molecular complexity index is 538. The van der Waals surface area contributed by atoms with Gasteiger partial charge >= 0.3 is 0 Å². The van der Waals surface area contributed by atoms with Gasteiger partial charge in [-0.05, 0) is 37.3 Å². The Morgan fingerprint density at radius 2 is 2.25 bits per heavy atom. The third-order valence-corrected chi connectivity index (χ3v) is 5.20. The van der Waals surface area contributed by atoms with Crippen molar-refractivity contribution in [2.75, 3.05) is 19.3 Å². The number of rotatable bonds is 5. The number of hydrogen-bond donors (Lipinski definition) is 1. The zero-order valence-corrected chi connectivity index (χ0v) is 13.0. The van der Waals surface area contributed by atoms with E-state index in [1.165, 1.54) is 6.26 Å². The molecule has 2 heterocycles. The lowest BCUT2D eigenvalue weighted by Gasteiger charge is -2.31. The minimum atomic E-state index is -3.09. The molecule has 2 N–H and O–H groups in total. The Morgan fingerprint density at radius 1 is 1.50 bits per heavy atom. The van der Waals surface area contributed by atoms with Gasteiger partial charge in [-0.25, -0.2) is 12.7 Å². The van der Waals surface area contributed by atoms with Gasteiger partial charge in [0.15, 0.2) is 0 Å². The van der Waals surface area contributed by atoms with Gasteiger partial charge in [-0.15, -0.1) is 0 Å². The summed E-state index contributed by atoms with van der Waals surface area (Å²) < 4.78 is 30.4. The number of nitrogens with two attached hydrogens (primary N) is 1. The van der Waals surface area contributed by atoms with Crippen molar-refractivity contribution < 1.29 is 12.8 Å². The normalized spacial score (nSPS) is 22.9. The average molecular weight is 300 g/mol. The molecule has 0 aliphatic carbocycles. The van der Waals surface area contributed by atoms with Crippen molar-refractivity contribution in [2.24, 2.45) is 11.7 Å². The van der Waals surface area contributed by atoms with Crippen LogP contribution in [0.4, 0.5) is 0 Å². The van der Waals surface area contributed by atoms with Gasteiger partial charge in [-0.3, -0.25) is 0 Å². The van der Waals surface area contributed by atoms with Crippen molar-refractivity contribution in [1.29, 1.82) is 0 Å². The molecule has 2 atom stereocenters. The first-order chi connectivity index (χ1) is 9.40. The molecule has 1 aromatic heterocycles. The standard InChI is InChI=1S/C14H24N2O3S/c1-3-12-6-7-14(19-12)13(15)9-11-5-4-8-16(10-11)20(2,17)18/h6-7,11,13H,3-5,8-10,15H2,1-2H3. The van der Waals surface area contributed by atoms with Crippen LogP contribution in [0.25, 0.3) is 0 Å². The summed E-state index contributed by atoms with van der Waals surface area (Å²) in [5.74, 6) is 2.05. The van der Waals surface area contributed by atoms with E-state index in [-0.39, 0.29) is 6.04 Å². The van der Waals surface area contributed by atoms with E-state index in [9.17, 15) is 8.42 Å². The highest BCUT2D eigenvalue weighted by Gasteiger charge is 2.27. The van der Waals surface area contributed by atoms with Crippen molar-refractivity contribution in [3.8, 4) is 0 Å². The number of nitrogens with zero attached hydrogens (tertiary/aromatic N) is 1. The smallest absolute Gasteiger partial charge is 0.211 e. The Balaban J connectivity index is 1.95. The lowest BCUT2D eigenvalue weighted by molar-refractivity contribution is 0.240. The summed E-state index contributed by atoms with van der Waals surface area (Å²) in [6.45, 7) is 3.25. The van der Waals surface area contributed by atoms with Crippen LogP contribution in [0.5, 0.6) is 0 Å². The van der Waals surface area contributed by atoms with Gasteiger partial charge in [0, 0.05) is 19.5 Å². The van der Waals surface area contributed by atoms with Crippen molar-refractivity contribution >= 4 is 10.0 Å². The van der Waals surface area contributed by atoms with Crippen LogP contribution < -0.4 is 5.73 Å². The second kappa shape index (κ2) is 6.28. The molecule has 1 saturated heterocycles. The zero-order valence-electron chi connectivity index (χ0n) is 12.2. The van der Waals surface area contributed by atoms with Crippen LogP contribution in [0.1, 0.15) is 43.7 Å². The predicted molar refractivity (Wildman–Crippen MR) is 78.8 cm³/mol. The Hall–Kier alpha value is -0.850. The third-order valence-electron chi connectivity index (χ3n) is 3.93. The summed E-state index contributed by atoms with van der Waals surface area (Å²) in [4.78, 5) is 0. The number of sulfonamides is 1. The molecule has 1 fully saturated rings. The van der Waals surface area contributed by atoms with Gasteiger partial charge in [-0.1, -0.05) is 6.92 Å². The molecule has 1 aromatic rings. The highest BCUT2D eigenvalue weighted by atomic mass is 32.2. The Kier molecular flexibility index (Phi) is 4.88. The largest absolute Gasteiger partial charge is 0.464 e. The molecule has 1 aliphatic rings. The fraction of sp³-hybridized carbons (Fsp3) is 0.714. The summed E-state index contributed by atoms with van der Waals surface area (Å²) in [6, 6.07) is 3.74. The van der Waals surface area contributed by atoms with Crippen molar-refractivity contribution in [2.45, 2.75) is 38.6 Å². The quantitative estimate of drug-likeness (QED) is 0.901. The summed E-state index contributed by atoms with van der Waals surface area (Å²) in [7, 11) is -3.09. The predicted octanol–water partition coefficient (Wildman–Crippen LogP) is 1.90. The summed E-state index contributed by atoms with van der Waals surface area (Å²) in [6.07, 6.45) is 4.83. The molecular weight excluding hydrogens is 276 g/mol. The maximum Gasteiger partial charge on any atom is 0.211 e. The maximum absolute atomic E-state index is 11.6. The lowest BCUT2D eigenvalue weighted by atomic mass is 9.92. The molecule has 5 nitrogen and oxygen atoms in total. The minimum absolute atomic E-state index is 0.153. The third kappa shape index (κ3) is 3.84. The second-order valence-corrected chi connectivity index (χ2v) is 7.61. The lowest BCUT2D eigenvalue weighted by Crippen LogP contribution is -2.40. The van der Waals surface area contributed by atoms with Gasteiger partial charge in [0.25, 0.3) is 0 Å². The molecule has 20 heavy (non-hydrogen) atoms. The van der Waals surface area contributed by atoms with Crippen LogP contribution in [0.15, 0.2) is 16.5 Å². The van der Waals surface area contributed by atoms with Crippen LogP contribution in [0, 0.1) is 5.92 Å². The van der Waals surface area contributed by atoms with Gasteiger partial charge in [0.1, 0.15) is 11.5 Å². The molecule has 0 saturated carbocycles. The molecule has 0 radical (unpaired) electrons. The highest BCUT2D eigenvalue weighted by molar-refractivity contribution is 7.88. The monoisotopic (exact) mass is 300 g/mol. The first kappa shape index (κ1) is 15.5.